The largest absolute Gasteiger partial charge is 0.355 e. The van der Waals surface area contributed by atoms with Crippen molar-refractivity contribution in [2.24, 2.45) is 5.92 Å². The lowest BCUT2D eigenvalue weighted by Crippen LogP contribution is -2.39. The van der Waals surface area contributed by atoms with Gasteiger partial charge in [0, 0.05) is 19.5 Å². The summed E-state index contributed by atoms with van der Waals surface area (Å²) >= 11 is 6.17. The van der Waals surface area contributed by atoms with E-state index in [1.165, 1.54) is 12.8 Å². The zero-order chi connectivity index (χ0) is 17.0. The molecule has 1 saturated heterocycles. The Bertz CT molecular complexity index is 535. The van der Waals surface area contributed by atoms with Crippen LogP contribution in [0.15, 0.2) is 0 Å². The molecule has 1 atom stereocenters. The molecule has 0 aliphatic carbocycles. The van der Waals surface area contributed by atoms with E-state index in [1.807, 2.05) is 25.5 Å². The fourth-order valence-electron chi connectivity index (χ4n) is 3.14. The number of nitrogens with zero attached hydrogens (tertiary/aromatic N) is 3. The maximum Gasteiger partial charge on any atom is 0.222 e. The van der Waals surface area contributed by atoms with Crippen LogP contribution in [0.5, 0.6) is 0 Å². The lowest BCUT2D eigenvalue weighted by Gasteiger charge is -2.30. The van der Waals surface area contributed by atoms with E-state index in [0.717, 1.165) is 43.5 Å². The number of carbonyl (C=O) groups excluding carboxylic acids is 1. The van der Waals surface area contributed by atoms with Crippen molar-refractivity contribution in [3.8, 4) is 0 Å². The van der Waals surface area contributed by atoms with Crippen molar-refractivity contribution in [3.05, 3.63) is 16.4 Å². The third-order valence-corrected chi connectivity index (χ3v) is 5.31. The standard InChI is InChI=1S/C17H29ClN4O/c1-12-5-8-21(9-6-12)10-7-19-16(23)11-13(2)22-15(4)17(18)14(3)20-22/h12-13H,5-11H2,1-4H3,(H,19,23)/t13-/m0/s1. The topological polar surface area (TPSA) is 50.2 Å². The van der Waals surface area contributed by atoms with Gasteiger partial charge in [-0.2, -0.15) is 5.10 Å². The fraction of sp³-hybridized carbons (Fsp3) is 0.765. The molecule has 0 bridgehead atoms. The number of rotatable bonds is 6. The lowest BCUT2D eigenvalue weighted by atomic mass is 9.99. The third kappa shape index (κ3) is 4.95. The van der Waals surface area contributed by atoms with Gasteiger partial charge in [-0.3, -0.25) is 9.48 Å². The summed E-state index contributed by atoms with van der Waals surface area (Å²) in [5.74, 6) is 0.917. The number of hydrogen-bond acceptors (Lipinski definition) is 3. The Hall–Kier alpha value is -1.07. The van der Waals surface area contributed by atoms with E-state index in [4.69, 9.17) is 11.6 Å². The summed E-state index contributed by atoms with van der Waals surface area (Å²) in [5.41, 5.74) is 1.74. The van der Waals surface area contributed by atoms with Crippen molar-refractivity contribution in [2.75, 3.05) is 26.2 Å². The van der Waals surface area contributed by atoms with Crippen molar-refractivity contribution in [1.82, 2.24) is 20.0 Å². The Morgan fingerprint density at radius 1 is 1.39 bits per heavy atom. The van der Waals surface area contributed by atoms with E-state index >= 15 is 0 Å². The van der Waals surface area contributed by atoms with E-state index < -0.39 is 0 Å². The summed E-state index contributed by atoms with van der Waals surface area (Å²) in [6, 6.07) is 0.0111. The molecule has 6 heteroatoms. The van der Waals surface area contributed by atoms with Crippen molar-refractivity contribution < 1.29 is 4.79 Å². The molecule has 23 heavy (non-hydrogen) atoms. The predicted octanol–water partition coefficient (Wildman–Crippen LogP) is 2.95. The monoisotopic (exact) mass is 340 g/mol. The first-order valence-corrected chi connectivity index (χ1v) is 8.96. The number of likely N-dealkylation sites (tertiary alicyclic amines) is 1. The molecule has 1 aliphatic heterocycles. The number of aryl methyl sites for hydroxylation is 1. The second kappa shape index (κ2) is 8.15. The number of halogens is 1. The van der Waals surface area contributed by atoms with Gasteiger partial charge in [-0.15, -0.1) is 0 Å². The predicted molar refractivity (Wildman–Crippen MR) is 93.9 cm³/mol. The molecule has 0 saturated carbocycles. The zero-order valence-electron chi connectivity index (χ0n) is 14.7. The minimum absolute atomic E-state index is 0.0111. The Labute approximate surface area is 144 Å². The van der Waals surface area contributed by atoms with Gasteiger partial charge in [0.25, 0.3) is 0 Å². The van der Waals surface area contributed by atoms with E-state index in [-0.39, 0.29) is 11.9 Å². The molecular weight excluding hydrogens is 312 g/mol. The number of carbonyl (C=O) groups is 1. The number of aromatic nitrogens is 2. The van der Waals surface area contributed by atoms with Crippen molar-refractivity contribution >= 4 is 17.5 Å². The Balaban J connectivity index is 1.73. The highest BCUT2D eigenvalue weighted by atomic mass is 35.5. The molecule has 0 spiro atoms. The number of hydrogen-bond donors (Lipinski definition) is 1. The van der Waals surface area contributed by atoms with Gasteiger partial charge in [-0.05, 0) is 52.6 Å². The Morgan fingerprint density at radius 3 is 2.61 bits per heavy atom. The average Bonchev–Trinajstić information content (AvgIpc) is 2.77. The van der Waals surface area contributed by atoms with Gasteiger partial charge < -0.3 is 10.2 Å². The molecule has 1 fully saturated rings. The van der Waals surface area contributed by atoms with Gasteiger partial charge in [0.05, 0.1) is 22.5 Å². The number of amides is 1. The molecule has 0 aromatic carbocycles. The van der Waals surface area contributed by atoms with Gasteiger partial charge in [-0.25, -0.2) is 0 Å². The fourth-order valence-corrected chi connectivity index (χ4v) is 3.26. The third-order valence-electron chi connectivity index (χ3n) is 4.76. The number of piperidine rings is 1. The minimum Gasteiger partial charge on any atom is -0.355 e. The van der Waals surface area contributed by atoms with E-state index in [1.54, 1.807) is 0 Å². The van der Waals surface area contributed by atoms with E-state index in [9.17, 15) is 4.79 Å². The molecule has 5 nitrogen and oxygen atoms in total. The minimum atomic E-state index is 0.0111. The van der Waals surface area contributed by atoms with Crippen LogP contribution in [0.1, 0.15) is 50.5 Å². The molecule has 0 radical (unpaired) electrons. The molecule has 1 aromatic rings. The molecule has 1 aliphatic rings. The second-order valence-electron chi connectivity index (χ2n) is 6.86. The molecule has 130 valence electrons. The molecule has 1 N–H and O–H groups in total. The highest BCUT2D eigenvalue weighted by Gasteiger charge is 2.18. The highest BCUT2D eigenvalue weighted by Crippen LogP contribution is 2.23. The molecule has 1 amide bonds. The summed E-state index contributed by atoms with van der Waals surface area (Å²) in [6.07, 6.45) is 2.96. The number of nitrogens with one attached hydrogen (secondary N) is 1. The van der Waals surface area contributed by atoms with Crippen LogP contribution in [0, 0.1) is 19.8 Å². The van der Waals surface area contributed by atoms with Crippen LogP contribution in [0.2, 0.25) is 5.02 Å². The van der Waals surface area contributed by atoms with Crippen molar-refractivity contribution in [1.29, 1.82) is 0 Å². The Kier molecular flexibility index (Phi) is 6.48. The SMILES string of the molecule is Cc1nn([C@@H](C)CC(=O)NCCN2CCC(C)CC2)c(C)c1Cl. The quantitative estimate of drug-likeness (QED) is 0.866. The summed E-state index contributed by atoms with van der Waals surface area (Å²) in [7, 11) is 0. The average molecular weight is 341 g/mol. The van der Waals surface area contributed by atoms with Crippen LogP contribution in [0.4, 0.5) is 0 Å². The van der Waals surface area contributed by atoms with Gasteiger partial charge in [0.2, 0.25) is 5.91 Å². The molecule has 2 heterocycles. The van der Waals surface area contributed by atoms with Gasteiger partial charge in [0.1, 0.15) is 0 Å². The summed E-state index contributed by atoms with van der Waals surface area (Å²) < 4.78 is 1.85. The normalized spacial score (nSPS) is 18.1. The first kappa shape index (κ1) is 18.3. The highest BCUT2D eigenvalue weighted by molar-refractivity contribution is 6.31. The smallest absolute Gasteiger partial charge is 0.222 e. The first-order valence-electron chi connectivity index (χ1n) is 8.58. The molecular formula is C17H29ClN4O. The van der Waals surface area contributed by atoms with Crippen LogP contribution >= 0.6 is 11.6 Å². The van der Waals surface area contributed by atoms with Crippen molar-refractivity contribution in [3.63, 3.8) is 0 Å². The van der Waals surface area contributed by atoms with Gasteiger partial charge >= 0.3 is 0 Å². The van der Waals surface area contributed by atoms with E-state index in [0.29, 0.717) is 11.4 Å². The van der Waals surface area contributed by atoms with Crippen LogP contribution in [0.3, 0.4) is 0 Å². The van der Waals surface area contributed by atoms with Gasteiger partial charge in [0.15, 0.2) is 0 Å². The Morgan fingerprint density at radius 2 is 2.04 bits per heavy atom. The van der Waals surface area contributed by atoms with E-state index in [2.05, 4.69) is 22.2 Å². The second-order valence-corrected chi connectivity index (χ2v) is 7.23. The molecule has 1 aromatic heterocycles. The van der Waals surface area contributed by atoms with Crippen LogP contribution in [-0.4, -0.2) is 46.8 Å². The first-order chi connectivity index (χ1) is 10.9. The van der Waals surface area contributed by atoms with Crippen molar-refractivity contribution in [2.45, 2.75) is 53.0 Å². The molecule has 0 unspecified atom stereocenters. The zero-order valence-corrected chi connectivity index (χ0v) is 15.5. The van der Waals surface area contributed by atoms with Crippen LogP contribution in [-0.2, 0) is 4.79 Å². The summed E-state index contributed by atoms with van der Waals surface area (Å²) in [5, 5.41) is 8.14. The molecule has 2 rings (SSSR count). The maximum atomic E-state index is 12.1. The maximum absolute atomic E-state index is 12.1. The summed E-state index contributed by atoms with van der Waals surface area (Å²) in [4.78, 5) is 14.6. The van der Waals surface area contributed by atoms with Gasteiger partial charge in [-0.1, -0.05) is 18.5 Å². The van der Waals surface area contributed by atoms with Crippen LogP contribution in [0.25, 0.3) is 0 Å². The van der Waals surface area contributed by atoms with Crippen LogP contribution < -0.4 is 5.32 Å². The summed E-state index contributed by atoms with van der Waals surface area (Å²) in [6.45, 7) is 12.1. The lowest BCUT2D eigenvalue weighted by molar-refractivity contribution is -0.121.